The molecule has 1 aliphatic rings. The Kier molecular flexibility index (Phi) is 12.7. The van der Waals surface area contributed by atoms with Crippen molar-refractivity contribution in [3.05, 3.63) is 29.8 Å². The van der Waals surface area contributed by atoms with E-state index in [-0.39, 0.29) is 31.6 Å². The Hall–Kier alpha value is -2.62. The molecule has 0 saturated carbocycles. The summed E-state index contributed by atoms with van der Waals surface area (Å²) >= 11 is 0. The van der Waals surface area contributed by atoms with E-state index in [4.69, 9.17) is 18.5 Å². The lowest BCUT2D eigenvalue weighted by molar-refractivity contribution is -0.135. The van der Waals surface area contributed by atoms with E-state index in [0.29, 0.717) is 38.1 Å². The van der Waals surface area contributed by atoms with Gasteiger partial charge in [-0.2, -0.15) is 0 Å². The average Bonchev–Trinajstić information content (AvgIpc) is 2.87. The average molecular weight is 570 g/mol. The van der Waals surface area contributed by atoms with Gasteiger partial charge in [-0.3, -0.25) is 9.36 Å². The molecule has 1 aliphatic heterocycles. The molecule has 220 valence electrons. The van der Waals surface area contributed by atoms with Crippen molar-refractivity contribution in [1.82, 2.24) is 15.1 Å². The molecule has 3 amide bonds. The first-order valence-electron chi connectivity index (χ1n) is 13.6. The molecular weight excluding hydrogens is 525 g/mol. The fraction of sp³-hybridized carbons (Fsp3) is 0.667. The number of piperazine rings is 1. The molecule has 1 N–H and O–H groups in total. The number of unbranched alkanes of at least 4 members (excludes halogenated alkanes) is 1. The molecule has 0 spiro atoms. The van der Waals surface area contributed by atoms with Gasteiger partial charge in [-0.15, -0.1) is 0 Å². The Labute approximate surface area is 232 Å². The monoisotopic (exact) mass is 569 g/mol. The number of alkyl carbamates (subject to hydrolysis) is 1. The Morgan fingerprint density at radius 3 is 2.03 bits per heavy atom. The summed E-state index contributed by atoms with van der Waals surface area (Å²) < 4.78 is 34.6. The first-order chi connectivity index (χ1) is 18.4. The van der Waals surface area contributed by atoms with Gasteiger partial charge < -0.3 is 33.6 Å². The standard InChI is InChI=1S/C27H44N3O8P/c1-7-10-19-35-26(33)30-17-15-29(16-18-30)24(31)23(28-25(32)38-27(4,5)6)20-21-11-13-22(14-12-21)39(34,36-8-2)37-9-3/h11-14,23H,7-10,15-20H2,1-6H3,(H,28,32). The van der Waals surface area contributed by atoms with Gasteiger partial charge in [0.15, 0.2) is 0 Å². The number of benzene rings is 1. The maximum atomic E-state index is 13.5. The maximum Gasteiger partial charge on any atom is 0.409 e. The van der Waals surface area contributed by atoms with Crippen LogP contribution in [0.1, 0.15) is 59.9 Å². The summed E-state index contributed by atoms with van der Waals surface area (Å²) in [4.78, 5) is 41.6. The first kappa shape index (κ1) is 32.6. The zero-order valence-corrected chi connectivity index (χ0v) is 25.0. The van der Waals surface area contributed by atoms with Crippen LogP contribution in [0.3, 0.4) is 0 Å². The van der Waals surface area contributed by atoms with Crippen molar-refractivity contribution in [1.29, 1.82) is 0 Å². The van der Waals surface area contributed by atoms with Crippen LogP contribution in [0.5, 0.6) is 0 Å². The molecular formula is C27H44N3O8P. The normalized spacial score (nSPS) is 15.0. The van der Waals surface area contributed by atoms with Crippen LogP contribution in [0.4, 0.5) is 9.59 Å². The Bertz CT molecular complexity index is 978. The summed E-state index contributed by atoms with van der Waals surface area (Å²) in [5.74, 6) is -0.279. The topological polar surface area (TPSA) is 124 Å². The molecule has 12 heteroatoms. The molecule has 1 unspecified atom stereocenters. The van der Waals surface area contributed by atoms with Crippen molar-refractivity contribution in [2.24, 2.45) is 0 Å². The molecule has 39 heavy (non-hydrogen) atoms. The fourth-order valence-corrected chi connectivity index (χ4v) is 5.52. The molecule has 1 aromatic rings. The number of carbonyl (C=O) groups excluding carboxylic acids is 3. The van der Waals surface area contributed by atoms with Gasteiger partial charge in [-0.25, -0.2) is 9.59 Å². The van der Waals surface area contributed by atoms with Crippen LogP contribution in [0.15, 0.2) is 24.3 Å². The second-order valence-electron chi connectivity index (χ2n) is 10.2. The summed E-state index contributed by atoms with van der Waals surface area (Å²) in [7, 11) is -3.44. The highest BCUT2D eigenvalue weighted by Crippen LogP contribution is 2.46. The van der Waals surface area contributed by atoms with E-state index in [1.54, 1.807) is 68.7 Å². The molecule has 0 bridgehead atoms. The van der Waals surface area contributed by atoms with E-state index < -0.39 is 25.3 Å². The molecule has 1 saturated heterocycles. The van der Waals surface area contributed by atoms with Gasteiger partial charge in [0, 0.05) is 32.6 Å². The van der Waals surface area contributed by atoms with Crippen molar-refractivity contribution in [2.45, 2.75) is 72.4 Å². The second-order valence-corrected chi connectivity index (χ2v) is 12.2. The summed E-state index contributed by atoms with van der Waals surface area (Å²) in [6, 6.07) is 5.88. The maximum absolute atomic E-state index is 13.5. The Morgan fingerprint density at radius 2 is 1.51 bits per heavy atom. The van der Waals surface area contributed by atoms with Crippen molar-refractivity contribution in [2.75, 3.05) is 46.0 Å². The van der Waals surface area contributed by atoms with E-state index in [0.717, 1.165) is 18.4 Å². The SMILES string of the molecule is CCCCOC(=O)N1CCN(C(=O)C(Cc2ccc(P(=O)(OCC)OCC)cc2)NC(=O)OC(C)(C)C)CC1. The summed E-state index contributed by atoms with van der Waals surface area (Å²) in [6.07, 6.45) is 0.842. The van der Waals surface area contributed by atoms with Crippen molar-refractivity contribution in [3.63, 3.8) is 0 Å². The molecule has 1 atom stereocenters. The largest absolute Gasteiger partial charge is 0.449 e. The summed E-state index contributed by atoms with van der Waals surface area (Å²) in [5.41, 5.74) is 0.00820. The van der Waals surface area contributed by atoms with Gasteiger partial charge in [0.1, 0.15) is 11.6 Å². The first-order valence-corrected chi connectivity index (χ1v) is 15.1. The lowest BCUT2D eigenvalue weighted by Crippen LogP contribution is -2.56. The van der Waals surface area contributed by atoms with Crippen LogP contribution < -0.4 is 10.6 Å². The minimum Gasteiger partial charge on any atom is -0.449 e. The number of amides is 3. The third-order valence-corrected chi connectivity index (χ3v) is 7.98. The third-order valence-electron chi connectivity index (χ3n) is 5.85. The summed E-state index contributed by atoms with van der Waals surface area (Å²) in [5, 5.41) is 3.13. The molecule has 0 radical (unpaired) electrons. The molecule has 1 fully saturated rings. The van der Waals surface area contributed by atoms with Crippen LogP contribution in [0.2, 0.25) is 0 Å². The zero-order valence-electron chi connectivity index (χ0n) is 24.1. The third kappa shape index (κ3) is 10.5. The van der Waals surface area contributed by atoms with E-state index in [1.165, 1.54) is 0 Å². The van der Waals surface area contributed by atoms with Gasteiger partial charge >= 0.3 is 19.8 Å². The van der Waals surface area contributed by atoms with E-state index in [2.05, 4.69) is 5.32 Å². The van der Waals surface area contributed by atoms with Crippen molar-refractivity contribution in [3.8, 4) is 0 Å². The molecule has 0 aliphatic carbocycles. The number of hydrogen-bond donors (Lipinski definition) is 1. The number of hydrogen-bond acceptors (Lipinski definition) is 8. The van der Waals surface area contributed by atoms with E-state index in [1.807, 2.05) is 6.92 Å². The number of rotatable bonds is 12. The highest BCUT2D eigenvalue weighted by molar-refractivity contribution is 7.62. The van der Waals surface area contributed by atoms with Crippen molar-refractivity contribution >= 4 is 31.0 Å². The number of nitrogens with one attached hydrogen (secondary N) is 1. The lowest BCUT2D eigenvalue weighted by atomic mass is 10.0. The van der Waals surface area contributed by atoms with Crippen molar-refractivity contribution < 1.29 is 37.5 Å². The number of ether oxygens (including phenoxy) is 2. The molecule has 2 rings (SSSR count). The minimum absolute atomic E-state index is 0.186. The van der Waals surface area contributed by atoms with Gasteiger partial charge in [-0.05, 0) is 58.7 Å². The highest BCUT2D eigenvalue weighted by atomic mass is 31.2. The Morgan fingerprint density at radius 1 is 0.949 bits per heavy atom. The van der Waals surface area contributed by atoms with Crippen LogP contribution in [-0.2, 0) is 34.3 Å². The van der Waals surface area contributed by atoms with Crippen LogP contribution in [-0.4, -0.2) is 85.5 Å². The molecule has 11 nitrogen and oxygen atoms in total. The van der Waals surface area contributed by atoms with Crippen LogP contribution >= 0.6 is 7.60 Å². The molecule has 1 heterocycles. The van der Waals surface area contributed by atoms with E-state index >= 15 is 0 Å². The summed E-state index contributed by atoms with van der Waals surface area (Å²) in [6.45, 7) is 12.9. The minimum atomic E-state index is -3.44. The van der Waals surface area contributed by atoms with Gasteiger partial charge in [0.05, 0.1) is 25.1 Å². The lowest BCUT2D eigenvalue weighted by Gasteiger charge is -2.36. The van der Waals surface area contributed by atoms with Crippen LogP contribution in [0.25, 0.3) is 0 Å². The molecule has 1 aromatic carbocycles. The highest BCUT2D eigenvalue weighted by Gasteiger charge is 2.32. The van der Waals surface area contributed by atoms with E-state index in [9.17, 15) is 18.9 Å². The van der Waals surface area contributed by atoms with Gasteiger partial charge in [-0.1, -0.05) is 25.5 Å². The second kappa shape index (κ2) is 15.2. The van der Waals surface area contributed by atoms with Gasteiger partial charge in [0.2, 0.25) is 5.91 Å². The zero-order chi connectivity index (χ0) is 29.1. The predicted molar refractivity (Wildman–Crippen MR) is 148 cm³/mol. The smallest absolute Gasteiger partial charge is 0.409 e. The number of carbonyl (C=O) groups is 3. The fourth-order valence-electron chi connectivity index (χ4n) is 3.95. The number of nitrogens with zero attached hydrogens (tertiary/aromatic N) is 2. The predicted octanol–water partition coefficient (Wildman–Crippen LogP) is 4.09. The Balaban J connectivity index is 2.14. The van der Waals surface area contributed by atoms with Crippen LogP contribution in [0, 0.1) is 0 Å². The van der Waals surface area contributed by atoms with Gasteiger partial charge in [0.25, 0.3) is 0 Å². The molecule has 0 aromatic heterocycles. The quantitative estimate of drug-likeness (QED) is 0.295.